The first-order valence-corrected chi connectivity index (χ1v) is 8.83. The normalized spacial score (nSPS) is 21.8. The molecule has 0 aliphatic carbocycles. The summed E-state index contributed by atoms with van der Waals surface area (Å²) in [6.45, 7) is 2.37. The number of nitrogens with two attached hydrogens (primary N) is 1. The van der Waals surface area contributed by atoms with Gasteiger partial charge in [-0.25, -0.2) is 0 Å². The van der Waals surface area contributed by atoms with Gasteiger partial charge in [-0.2, -0.15) is 0 Å². The van der Waals surface area contributed by atoms with Crippen molar-refractivity contribution < 1.29 is 19.1 Å². The van der Waals surface area contributed by atoms with Gasteiger partial charge in [0.2, 0.25) is 0 Å². The smallest absolute Gasteiger partial charge is 0.290 e. The predicted molar refractivity (Wildman–Crippen MR) is 98.0 cm³/mol. The summed E-state index contributed by atoms with van der Waals surface area (Å²) in [6.07, 6.45) is 2.74. The molecule has 2 amide bonds. The van der Waals surface area contributed by atoms with Gasteiger partial charge in [-0.15, -0.1) is 0 Å². The first-order chi connectivity index (χ1) is 12.0. The molecule has 2 fully saturated rings. The Morgan fingerprint density at radius 3 is 2.60 bits per heavy atom. The second-order valence-electron chi connectivity index (χ2n) is 5.95. The van der Waals surface area contributed by atoms with Crippen LogP contribution in [0, 0.1) is 5.92 Å². The predicted octanol–water partition coefficient (Wildman–Crippen LogP) is 1.81. The van der Waals surface area contributed by atoms with Gasteiger partial charge in [0.25, 0.3) is 11.1 Å². The summed E-state index contributed by atoms with van der Waals surface area (Å²) >= 11 is 0.899. The molecule has 3 rings (SSSR count). The summed E-state index contributed by atoms with van der Waals surface area (Å²) < 4.78 is 10.8. The van der Waals surface area contributed by atoms with Gasteiger partial charge in [0.15, 0.2) is 11.5 Å². The third-order valence-corrected chi connectivity index (χ3v) is 5.23. The van der Waals surface area contributed by atoms with E-state index in [-0.39, 0.29) is 11.1 Å². The van der Waals surface area contributed by atoms with Crippen molar-refractivity contribution in [3.8, 4) is 11.5 Å². The largest absolute Gasteiger partial charge is 0.493 e. The van der Waals surface area contributed by atoms with E-state index in [0.717, 1.165) is 42.5 Å². The Labute approximate surface area is 150 Å². The molecule has 1 atom stereocenters. The van der Waals surface area contributed by atoms with Crippen LogP contribution >= 0.6 is 11.8 Å². The molecule has 2 saturated heterocycles. The molecule has 2 heterocycles. The number of thioether (sulfide) groups is 1. The van der Waals surface area contributed by atoms with Crippen LogP contribution in [0.3, 0.4) is 0 Å². The first-order valence-electron chi connectivity index (χ1n) is 8.01. The standard InChI is InChI=1S/C17H21N3O4S/c1-23-13-5-11(6-15-16(21)19-17(22)25-15)12(7-14(13)24-2)20-4-3-10(8-18)9-20/h5-7,10H,3-4,8-9,18H2,1-2H3,(H,19,21,22)/b15-6+. The van der Waals surface area contributed by atoms with E-state index >= 15 is 0 Å². The Bertz CT molecular complexity index is 735. The molecule has 1 aromatic carbocycles. The molecular formula is C17H21N3O4S. The number of anilines is 1. The number of rotatable bonds is 5. The molecule has 134 valence electrons. The number of ether oxygens (including phenoxy) is 2. The zero-order valence-electron chi connectivity index (χ0n) is 14.2. The summed E-state index contributed by atoms with van der Waals surface area (Å²) in [4.78, 5) is 25.9. The van der Waals surface area contributed by atoms with Crippen molar-refractivity contribution in [2.24, 2.45) is 11.7 Å². The summed E-state index contributed by atoms with van der Waals surface area (Å²) in [7, 11) is 3.15. The highest BCUT2D eigenvalue weighted by Gasteiger charge is 2.28. The SMILES string of the molecule is COc1cc(/C=C2/SC(=O)NC2=O)c(N2CCC(CN)C2)cc1OC. The molecule has 0 radical (unpaired) electrons. The number of imide groups is 1. The third kappa shape index (κ3) is 3.59. The summed E-state index contributed by atoms with van der Waals surface area (Å²) in [5, 5.41) is 1.92. The zero-order chi connectivity index (χ0) is 18.0. The van der Waals surface area contributed by atoms with Crippen LogP contribution in [-0.4, -0.2) is 45.0 Å². The quantitative estimate of drug-likeness (QED) is 0.771. The minimum atomic E-state index is -0.378. The number of carbonyl (C=O) groups excluding carboxylic acids is 2. The molecule has 2 aliphatic heterocycles. The Hall–Kier alpha value is -2.19. The number of methoxy groups -OCH3 is 2. The molecule has 0 bridgehead atoms. The summed E-state index contributed by atoms with van der Waals surface area (Å²) in [6, 6.07) is 3.73. The van der Waals surface area contributed by atoms with Crippen LogP contribution in [0.4, 0.5) is 10.5 Å². The van der Waals surface area contributed by atoms with Crippen molar-refractivity contribution in [2.75, 3.05) is 38.8 Å². The Morgan fingerprint density at radius 1 is 1.32 bits per heavy atom. The summed E-state index contributed by atoms with van der Waals surface area (Å²) in [5.74, 6) is 1.26. The van der Waals surface area contributed by atoms with Crippen molar-refractivity contribution >= 4 is 34.7 Å². The molecule has 0 aromatic heterocycles. The fraction of sp³-hybridized carbons (Fsp3) is 0.412. The number of carbonyl (C=O) groups is 2. The molecule has 8 heteroatoms. The van der Waals surface area contributed by atoms with E-state index < -0.39 is 0 Å². The van der Waals surface area contributed by atoms with Gasteiger partial charge < -0.3 is 20.1 Å². The number of amides is 2. The molecule has 0 saturated carbocycles. The number of benzene rings is 1. The van der Waals surface area contributed by atoms with Crippen molar-refractivity contribution in [2.45, 2.75) is 6.42 Å². The first kappa shape index (κ1) is 17.6. The van der Waals surface area contributed by atoms with Crippen LogP contribution in [0.25, 0.3) is 6.08 Å². The second kappa shape index (κ2) is 7.37. The monoisotopic (exact) mass is 363 g/mol. The van der Waals surface area contributed by atoms with Crippen molar-refractivity contribution in [1.29, 1.82) is 0 Å². The number of nitrogens with zero attached hydrogens (tertiary/aromatic N) is 1. The fourth-order valence-electron chi connectivity index (χ4n) is 3.08. The molecule has 7 nitrogen and oxygen atoms in total. The Morgan fingerprint density at radius 2 is 2.04 bits per heavy atom. The van der Waals surface area contributed by atoms with Gasteiger partial charge in [-0.3, -0.25) is 14.9 Å². The number of nitrogens with one attached hydrogen (secondary N) is 1. The Kier molecular flexibility index (Phi) is 5.19. The highest BCUT2D eigenvalue weighted by Crippen LogP contribution is 2.39. The van der Waals surface area contributed by atoms with Gasteiger partial charge in [0.1, 0.15) is 0 Å². The minimum Gasteiger partial charge on any atom is -0.493 e. The van der Waals surface area contributed by atoms with Crippen LogP contribution in [0.2, 0.25) is 0 Å². The van der Waals surface area contributed by atoms with E-state index in [0.29, 0.717) is 28.9 Å². The fourth-order valence-corrected chi connectivity index (χ4v) is 3.75. The lowest BCUT2D eigenvalue weighted by Crippen LogP contribution is -2.23. The number of hydrogen-bond donors (Lipinski definition) is 2. The van der Waals surface area contributed by atoms with Crippen LogP contribution in [-0.2, 0) is 4.79 Å². The maximum Gasteiger partial charge on any atom is 0.290 e. The minimum absolute atomic E-state index is 0.359. The van der Waals surface area contributed by atoms with Crippen molar-refractivity contribution in [1.82, 2.24) is 5.32 Å². The maximum absolute atomic E-state index is 11.9. The molecule has 2 aliphatic rings. The average Bonchev–Trinajstić information content (AvgIpc) is 3.20. The van der Waals surface area contributed by atoms with Crippen molar-refractivity contribution in [3.05, 3.63) is 22.6 Å². The van der Waals surface area contributed by atoms with E-state index in [1.54, 1.807) is 20.3 Å². The lowest BCUT2D eigenvalue weighted by atomic mass is 10.1. The van der Waals surface area contributed by atoms with E-state index in [1.807, 2.05) is 12.1 Å². The zero-order valence-corrected chi connectivity index (χ0v) is 15.0. The molecule has 1 unspecified atom stereocenters. The highest BCUT2D eigenvalue weighted by molar-refractivity contribution is 8.18. The van der Waals surface area contributed by atoms with Gasteiger partial charge in [0, 0.05) is 30.4 Å². The van der Waals surface area contributed by atoms with Crippen LogP contribution in [0.15, 0.2) is 17.0 Å². The van der Waals surface area contributed by atoms with E-state index in [4.69, 9.17) is 15.2 Å². The highest BCUT2D eigenvalue weighted by atomic mass is 32.2. The lowest BCUT2D eigenvalue weighted by Gasteiger charge is -2.23. The van der Waals surface area contributed by atoms with Gasteiger partial charge in [-0.05, 0) is 42.8 Å². The van der Waals surface area contributed by atoms with Crippen LogP contribution < -0.4 is 25.4 Å². The van der Waals surface area contributed by atoms with Gasteiger partial charge in [0.05, 0.1) is 19.1 Å². The van der Waals surface area contributed by atoms with Crippen LogP contribution in [0.5, 0.6) is 11.5 Å². The summed E-state index contributed by atoms with van der Waals surface area (Å²) in [5.41, 5.74) is 7.55. The maximum atomic E-state index is 11.9. The third-order valence-electron chi connectivity index (χ3n) is 4.42. The van der Waals surface area contributed by atoms with E-state index in [9.17, 15) is 9.59 Å². The van der Waals surface area contributed by atoms with Crippen LogP contribution in [0.1, 0.15) is 12.0 Å². The lowest BCUT2D eigenvalue weighted by molar-refractivity contribution is -0.115. The topological polar surface area (TPSA) is 93.9 Å². The second-order valence-corrected chi connectivity index (χ2v) is 6.97. The van der Waals surface area contributed by atoms with E-state index in [2.05, 4.69) is 10.2 Å². The molecule has 25 heavy (non-hydrogen) atoms. The number of hydrogen-bond acceptors (Lipinski definition) is 7. The molecule has 1 aromatic rings. The van der Waals surface area contributed by atoms with Gasteiger partial charge >= 0.3 is 0 Å². The van der Waals surface area contributed by atoms with Crippen molar-refractivity contribution in [3.63, 3.8) is 0 Å². The molecule has 0 spiro atoms. The van der Waals surface area contributed by atoms with E-state index in [1.165, 1.54) is 0 Å². The Balaban J connectivity index is 2.04. The molecule has 3 N–H and O–H groups in total. The molecular weight excluding hydrogens is 342 g/mol. The van der Waals surface area contributed by atoms with Gasteiger partial charge in [-0.1, -0.05) is 0 Å². The average molecular weight is 363 g/mol.